The summed E-state index contributed by atoms with van der Waals surface area (Å²) >= 11 is 0. The topological polar surface area (TPSA) is 87.5 Å². The van der Waals surface area contributed by atoms with Crippen LogP contribution in [-0.4, -0.2) is 31.4 Å². The molecule has 146 valence electrons. The highest BCUT2D eigenvalue weighted by Gasteiger charge is 2.18. The molecule has 8 heteroatoms. The number of hydrogen-bond acceptors (Lipinski definition) is 4. The van der Waals surface area contributed by atoms with E-state index in [1.54, 1.807) is 0 Å². The van der Waals surface area contributed by atoms with Gasteiger partial charge in [-0.3, -0.25) is 9.59 Å². The Morgan fingerprint density at radius 1 is 1.00 bits per heavy atom. The van der Waals surface area contributed by atoms with Crippen LogP contribution in [0.2, 0.25) is 0 Å². The number of rotatable bonds is 6. The monoisotopic (exact) mass is 410 g/mol. The van der Waals surface area contributed by atoms with Gasteiger partial charge in [0, 0.05) is 24.5 Å². The highest BCUT2D eigenvalue weighted by Crippen LogP contribution is 2.28. The van der Waals surface area contributed by atoms with Crippen LogP contribution in [0.4, 0.5) is 11.4 Å². The maximum Gasteiger partial charge on any atom is 0.243 e. The average Bonchev–Trinajstić information content (AvgIpc) is 3.04. The summed E-state index contributed by atoms with van der Waals surface area (Å²) in [5, 5.41) is 5.19. The van der Waals surface area contributed by atoms with Gasteiger partial charge in [0.15, 0.2) is 0 Å². The van der Waals surface area contributed by atoms with Gasteiger partial charge < -0.3 is 21.3 Å². The first-order valence-electron chi connectivity index (χ1n) is 8.34. The van der Waals surface area contributed by atoms with E-state index in [1.165, 1.54) is 16.8 Å². The minimum Gasteiger partial charge on any atom is -0.367 e. The summed E-state index contributed by atoms with van der Waals surface area (Å²) in [6, 6.07) is 16.3. The van der Waals surface area contributed by atoms with Crippen LogP contribution in [0.1, 0.15) is 11.1 Å². The fourth-order valence-electron chi connectivity index (χ4n) is 2.94. The summed E-state index contributed by atoms with van der Waals surface area (Å²) < 4.78 is 0. The van der Waals surface area contributed by atoms with Crippen LogP contribution in [0.5, 0.6) is 0 Å². The second-order valence-corrected chi connectivity index (χ2v) is 6.03. The third-order valence-electron chi connectivity index (χ3n) is 4.23. The number of benzene rings is 2. The van der Waals surface area contributed by atoms with Crippen molar-refractivity contribution in [3.8, 4) is 0 Å². The van der Waals surface area contributed by atoms with Crippen molar-refractivity contribution in [2.45, 2.75) is 13.0 Å². The molecular weight excluding hydrogens is 387 g/mol. The number of para-hydroxylation sites is 1. The van der Waals surface area contributed by atoms with Crippen LogP contribution in [-0.2, 0) is 22.6 Å². The van der Waals surface area contributed by atoms with Gasteiger partial charge in [0.25, 0.3) is 0 Å². The molecule has 4 N–H and O–H groups in total. The van der Waals surface area contributed by atoms with Crippen LogP contribution in [0, 0.1) is 0 Å². The van der Waals surface area contributed by atoms with Crippen molar-refractivity contribution in [3.63, 3.8) is 0 Å². The Morgan fingerprint density at radius 3 is 2.41 bits per heavy atom. The molecule has 0 bridgehead atoms. The summed E-state index contributed by atoms with van der Waals surface area (Å²) in [5.41, 5.74) is 9.76. The summed E-state index contributed by atoms with van der Waals surface area (Å²) in [7, 11) is 0. The molecule has 0 saturated carbocycles. The van der Waals surface area contributed by atoms with Crippen molar-refractivity contribution in [2.24, 2.45) is 5.73 Å². The standard InChI is InChI=1S/C19H22N4O2.2ClH/c20-11-18(24)21-12-19(25)22-16-7-5-14(6-8-16)13-23-10-9-15-3-1-2-4-17(15)23;;/h1-8H,9-13,20H2,(H,21,24)(H,22,25);2*1H. The van der Waals surface area contributed by atoms with E-state index in [9.17, 15) is 9.59 Å². The van der Waals surface area contributed by atoms with Crippen LogP contribution in [0.3, 0.4) is 0 Å². The quantitative estimate of drug-likeness (QED) is 0.680. The number of nitrogens with zero attached hydrogens (tertiary/aromatic N) is 1. The van der Waals surface area contributed by atoms with E-state index in [2.05, 4.69) is 39.8 Å². The molecule has 3 rings (SSSR count). The smallest absolute Gasteiger partial charge is 0.243 e. The molecule has 0 atom stereocenters. The lowest BCUT2D eigenvalue weighted by Gasteiger charge is -2.19. The molecule has 0 fully saturated rings. The van der Waals surface area contributed by atoms with Crippen molar-refractivity contribution >= 4 is 48.0 Å². The summed E-state index contributed by atoms with van der Waals surface area (Å²) in [6.45, 7) is 1.67. The summed E-state index contributed by atoms with van der Waals surface area (Å²) in [5.74, 6) is -0.626. The lowest BCUT2D eigenvalue weighted by atomic mass is 10.1. The minimum absolute atomic E-state index is 0. The van der Waals surface area contributed by atoms with Gasteiger partial charge in [-0.25, -0.2) is 0 Å². The third kappa shape index (κ3) is 6.13. The van der Waals surface area contributed by atoms with Gasteiger partial charge in [-0.05, 0) is 35.7 Å². The molecule has 27 heavy (non-hydrogen) atoms. The van der Waals surface area contributed by atoms with E-state index >= 15 is 0 Å². The number of amides is 2. The highest BCUT2D eigenvalue weighted by atomic mass is 35.5. The maximum atomic E-state index is 11.8. The molecule has 0 unspecified atom stereocenters. The highest BCUT2D eigenvalue weighted by molar-refractivity contribution is 5.94. The van der Waals surface area contributed by atoms with E-state index in [-0.39, 0.29) is 49.7 Å². The number of nitrogens with two attached hydrogens (primary N) is 1. The Hall–Kier alpha value is -2.28. The first-order chi connectivity index (χ1) is 12.2. The Morgan fingerprint density at radius 2 is 1.70 bits per heavy atom. The lowest BCUT2D eigenvalue weighted by molar-refractivity contribution is -0.123. The molecule has 6 nitrogen and oxygen atoms in total. The number of hydrogen-bond donors (Lipinski definition) is 3. The number of carbonyl (C=O) groups is 2. The number of nitrogens with one attached hydrogen (secondary N) is 2. The molecular formula is C19H24Cl2N4O2. The predicted octanol–water partition coefficient (Wildman–Crippen LogP) is 2.11. The van der Waals surface area contributed by atoms with Crippen LogP contribution in [0.25, 0.3) is 0 Å². The molecule has 2 aromatic rings. The average molecular weight is 411 g/mol. The van der Waals surface area contributed by atoms with Crippen molar-refractivity contribution in [1.29, 1.82) is 0 Å². The van der Waals surface area contributed by atoms with Gasteiger partial charge in [-0.1, -0.05) is 30.3 Å². The fourth-order valence-corrected chi connectivity index (χ4v) is 2.94. The fraction of sp³-hybridized carbons (Fsp3) is 0.263. The van der Waals surface area contributed by atoms with Crippen LogP contribution >= 0.6 is 24.8 Å². The Balaban J connectivity index is 0.00000182. The number of anilines is 2. The normalized spacial score (nSPS) is 11.7. The van der Waals surface area contributed by atoms with E-state index in [1.807, 2.05) is 24.3 Å². The SMILES string of the molecule is Cl.Cl.NCC(=O)NCC(=O)Nc1ccc(CN2CCc3ccccc32)cc1. The van der Waals surface area contributed by atoms with Gasteiger partial charge in [0.1, 0.15) is 0 Å². The Labute approximate surface area is 171 Å². The van der Waals surface area contributed by atoms with Crippen molar-refractivity contribution in [2.75, 3.05) is 29.9 Å². The number of fused-ring (bicyclic) bond motifs is 1. The van der Waals surface area contributed by atoms with Gasteiger partial charge >= 0.3 is 0 Å². The third-order valence-corrected chi connectivity index (χ3v) is 4.23. The molecule has 2 aromatic carbocycles. The lowest BCUT2D eigenvalue weighted by Crippen LogP contribution is -2.36. The van der Waals surface area contributed by atoms with Crippen LogP contribution < -0.4 is 21.3 Å². The molecule has 2 amide bonds. The zero-order chi connectivity index (χ0) is 17.6. The van der Waals surface area contributed by atoms with Crippen molar-refractivity contribution < 1.29 is 9.59 Å². The van der Waals surface area contributed by atoms with Gasteiger partial charge in [0.2, 0.25) is 11.8 Å². The van der Waals surface area contributed by atoms with Crippen LogP contribution in [0.15, 0.2) is 48.5 Å². The molecule has 1 aliphatic rings. The maximum absolute atomic E-state index is 11.8. The molecule has 0 saturated heterocycles. The first-order valence-corrected chi connectivity index (χ1v) is 8.34. The van der Waals surface area contributed by atoms with Crippen molar-refractivity contribution in [3.05, 3.63) is 59.7 Å². The van der Waals surface area contributed by atoms with Gasteiger partial charge in [0.05, 0.1) is 13.1 Å². The van der Waals surface area contributed by atoms with E-state index in [4.69, 9.17) is 5.73 Å². The Kier molecular flexibility index (Phi) is 9.08. The zero-order valence-corrected chi connectivity index (χ0v) is 16.4. The van der Waals surface area contributed by atoms with Gasteiger partial charge in [-0.2, -0.15) is 0 Å². The zero-order valence-electron chi connectivity index (χ0n) is 14.8. The second kappa shape index (κ2) is 10.8. The van der Waals surface area contributed by atoms with Gasteiger partial charge in [-0.15, -0.1) is 24.8 Å². The Bertz CT molecular complexity index is 769. The first kappa shape index (κ1) is 22.8. The summed E-state index contributed by atoms with van der Waals surface area (Å²) in [6.07, 6.45) is 1.08. The second-order valence-electron chi connectivity index (χ2n) is 6.03. The largest absolute Gasteiger partial charge is 0.367 e. The predicted molar refractivity (Wildman–Crippen MR) is 113 cm³/mol. The summed E-state index contributed by atoms with van der Waals surface area (Å²) in [4.78, 5) is 25.2. The number of halogens is 2. The molecule has 0 aromatic heterocycles. The number of carbonyl (C=O) groups excluding carboxylic acids is 2. The molecule has 1 aliphatic heterocycles. The minimum atomic E-state index is -0.351. The molecule has 0 spiro atoms. The van der Waals surface area contributed by atoms with E-state index in [0.717, 1.165) is 19.5 Å². The van der Waals surface area contributed by atoms with E-state index in [0.29, 0.717) is 5.69 Å². The van der Waals surface area contributed by atoms with Crippen molar-refractivity contribution in [1.82, 2.24) is 5.32 Å². The molecule has 0 aliphatic carbocycles. The molecule has 1 heterocycles. The van der Waals surface area contributed by atoms with E-state index < -0.39 is 0 Å². The molecule has 0 radical (unpaired) electrons.